The predicted molar refractivity (Wildman–Crippen MR) is 92.1 cm³/mol. The van der Waals surface area contributed by atoms with E-state index in [1.807, 2.05) is 24.3 Å². The summed E-state index contributed by atoms with van der Waals surface area (Å²) in [6.45, 7) is 4.20. The van der Waals surface area contributed by atoms with Crippen LogP contribution in [0.1, 0.15) is 38.0 Å². The Bertz CT molecular complexity index is 798. The van der Waals surface area contributed by atoms with Gasteiger partial charge in [-0.3, -0.25) is 4.79 Å². The number of rotatable bonds is 6. The van der Waals surface area contributed by atoms with Crippen LogP contribution in [0.5, 0.6) is 0 Å². The number of fused-ring (bicyclic) bond motifs is 1. The summed E-state index contributed by atoms with van der Waals surface area (Å²) in [6.07, 6.45) is 5.40. The van der Waals surface area contributed by atoms with Crippen molar-refractivity contribution in [2.24, 2.45) is 5.92 Å². The van der Waals surface area contributed by atoms with Crippen molar-refractivity contribution in [3.05, 3.63) is 60.4 Å². The minimum atomic E-state index is -0.272. The maximum atomic E-state index is 12.2. The number of aromatic nitrogens is 1. The summed E-state index contributed by atoms with van der Waals surface area (Å²) >= 11 is 0. The second kappa shape index (κ2) is 7.17. The normalized spacial score (nSPS) is 13.0. The Balaban J connectivity index is 1.77. The van der Waals surface area contributed by atoms with Crippen LogP contribution >= 0.6 is 0 Å². The highest BCUT2D eigenvalue weighted by Gasteiger charge is 2.21. The minimum absolute atomic E-state index is 0.209. The molecule has 0 spiro atoms. The summed E-state index contributed by atoms with van der Waals surface area (Å²) in [4.78, 5) is 16.7. The molecule has 24 heavy (non-hydrogen) atoms. The molecule has 3 rings (SSSR count). The quantitative estimate of drug-likeness (QED) is 0.685. The smallest absolute Gasteiger partial charge is 0.244 e. The zero-order valence-corrected chi connectivity index (χ0v) is 13.7. The zero-order valence-electron chi connectivity index (χ0n) is 13.7. The van der Waals surface area contributed by atoms with Gasteiger partial charge in [0.2, 0.25) is 11.8 Å². The molecule has 0 unspecified atom stereocenters. The summed E-state index contributed by atoms with van der Waals surface area (Å²) < 4.78 is 11.0. The molecular formula is C19H20N2O3. The van der Waals surface area contributed by atoms with E-state index >= 15 is 0 Å². The molecule has 0 saturated carbocycles. The van der Waals surface area contributed by atoms with Crippen molar-refractivity contribution >= 4 is 23.1 Å². The third-order valence-electron chi connectivity index (χ3n) is 3.57. The highest BCUT2D eigenvalue weighted by Crippen LogP contribution is 2.24. The molecule has 1 atom stereocenters. The fourth-order valence-electron chi connectivity index (χ4n) is 2.50. The van der Waals surface area contributed by atoms with Crippen molar-refractivity contribution in [2.75, 3.05) is 0 Å². The maximum absolute atomic E-state index is 12.2. The molecule has 5 nitrogen and oxygen atoms in total. The summed E-state index contributed by atoms with van der Waals surface area (Å²) in [5.74, 6) is 1.34. The average Bonchev–Trinajstić information content (AvgIpc) is 3.21. The van der Waals surface area contributed by atoms with Gasteiger partial charge in [0, 0.05) is 6.08 Å². The Labute approximate surface area is 140 Å². The highest BCUT2D eigenvalue weighted by molar-refractivity contribution is 5.91. The summed E-state index contributed by atoms with van der Waals surface area (Å²) in [5.41, 5.74) is 1.52. The standard InChI is InChI=1S/C19H20N2O3/c1-13(2)12-16(19-21-15-7-3-4-8-17(15)24-19)20-18(22)10-9-14-6-5-11-23-14/h3-11,13,16H,12H2,1-2H3,(H,20,22)/b10-9+/t16-/m1/s1. The molecule has 0 bridgehead atoms. The molecular weight excluding hydrogens is 304 g/mol. The molecule has 1 amide bonds. The number of amides is 1. The lowest BCUT2D eigenvalue weighted by atomic mass is 10.0. The number of hydrogen-bond donors (Lipinski definition) is 1. The Morgan fingerprint density at radius 2 is 2.08 bits per heavy atom. The van der Waals surface area contributed by atoms with Crippen LogP contribution in [0.15, 0.2) is 57.6 Å². The molecule has 2 heterocycles. The Morgan fingerprint density at radius 1 is 1.25 bits per heavy atom. The Hall–Kier alpha value is -2.82. The first-order chi connectivity index (χ1) is 11.6. The predicted octanol–water partition coefficient (Wildman–Crippen LogP) is 4.34. The van der Waals surface area contributed by atoms with Gasteiger partial charge in [0.05, 0.1) is 6.26 Å². The van der Waals surface area contributed by atoms with E-state index in [-0.39, 0.29) is 11.9 Å². The van der Waals surface area contributed by atoms with E-state index in [4.69, 9.17) is 8.83 Å². The van der Waals surface area contributed by atoms with E-state index in [9.17, 15) is 4.79 Å². The van der Waals surface area contributed by atoms with Crippen LogP contribution in [0.2, 0.25) is 0 Å². The molecule has 2 aromatic heterocycles. The second-order valence-electron chi connectivity index (χ2n) is 6.06. The fourth-order valence-corrected chi connectivity index (χ4v) is 2.50. The monoisotopic (exact) mass is 324 g/mol. The third-order valence-corrected chi connectivity index (χ3v) is 3.57. The van der Waals surface area contributed by atoms with Crippen LogP contribution in [0.3, 0.4) is 0 Å². The number of furan rings is 1. The lowest BCUT2D eigenvalue weighted by molar-refractivity contribution is -0.117. The first-order valence-corrected chi connectivity index (χ1v) is 7.99. The van der Waals surface area contributed by atoms with Gasteiger partial charge < -0.3 is 14.2 Å². The lowest BCUT2D eigenvalue weighted by Gasteiger charge is -2.16. The first-order valence-electron chi connectivity index (χ1n) is 7.99. The van der Waals surface area contributed by atoms with Gasteiger partial charge in [0.25, 0.3) is 0 Å². The summed E-state index contributed by atoms with van der Waals surface area (Å²) in [7, 11) is 0. The topological polar surface area (TPSA) is 68.3 Å². The molecule has 0 aliphatic rings. The van der Waals surface area contributed by atoms with Gasteiger partial charge in [-0.15, -0.1) is 0 Å². The average molecular weight is 324 g/mol. The van der Waals surface area contributed by atoms with Crippen molar-refractivity contribution in [3.63, 3.8) is 0 Å². The number of benzene rings is 1. The zero-order chi connectivity index (χ0) is 16.9. The van der Waals surface area contributed by atoms with Crippen LogP contribution in [-0.2, 0) is 4.79 Å². The number of nitrogens with zero attached hydrogens (tertiary/aromatic N) is 1. The lowest BCUT2D eigenvalue weighted by Crippen LogP contribution is -2.28. The van der Waals surface area contributed by atoms with Crippen LogP contribution in [0.4, 0.5) is 0 Å². The van der Waals surface area contributed by atoms with Gasteiger partial charge in [0.15, 0.2) is 5.58 Å². The van der Waals surface area contributed by atoms with Gasteiger partial charge >= 0.3 is 0 Å². The molecule has 0 aliphatic heterocycles. The van der Waals surface area contributed by atoms with Gasteiger partial charge in [-0.25, -0.2) is 4.98 Å². The van der Waals surface area contributed by atoms with E-state index in [0.29, 0.717) is 17.6 Å². The van der Waals surface area contributed by atoms with Gasteiger partial charge in [-0.2, -0.15) is 0 Å². The molecule has 1 N–H and O–H groups in total. The molecule has 0 fully saturated rings. The van der Waals surface area contributed by atoms with Crippen LogP contribution in [0.25, 0.3) is 17.2 Å². The van der Waals surface area contributed by atoms with Gasteiger partial charge in [-0.05, 0) is 42.7 Å². The van der Waals surface area contributed by atoms with Crippen molar-refractivity contribution in [1.29, 1.82) is 0 Å². The van der Waals surface area contributed by atoms with E-state index in [1.165, 1.54) is 6.08 Å². The Morgan fingerprint density at radius 3 is 2.79 bits per heavy atom. The van der Waals surface area contributed by atoms with E-state index in [0.717, 1.165) is 17.5 Å². The van der Waals surface area contributed by atoms with Crippen molar-refractivity contribution in [3.8, 4) is 0 Å². The van der Waals surface area contributed by atoms with Crippen LogP contribution in [-0.4, -0.2) is 10.9 Å². The molecule has 0 saturated heterocycles. The number of nitrogens with one attached hydrogen (secondary N) is 1. The minimum Gasteiger partial charge on any atom is -0.465 e. The number of para-hydroxylation sites is 2. The largest absolute Gasteiger partial charge is 0.465 e. The number of carbonyl (C=O) groups excluding carboxylic acids is 1. The van der Waals surface area contributed by atoms with Crippen molar-refractivity contribution in [2.45, 2.75) is 26.3 Å². The summed E-state index contributed by atoms with van der Waals surface area (Å²) in [5, 5.41) is 2.96. The van der Waals surface area contributed by atoms with Gasteiger partial charge in [0.1, 0.15) is 17.3 Å². The van der Waals surface area contributed by atoms with Gasteiger partial charge in [-0.1, -0.05) is 26.0 Å². The number of carbonyl (C=O) groups is 1. The fraction of sp³-hybridized carbons (Fsp3) is 0.263. The van der Waals surface area contributed by atoms with Crippen molar-refractivity contribution < 1.29 is 13.6 Å². The van der Waals surface area contributed by atoms with E-state index in [2.05, 4.69) is 24.1 Å². The van der Waals surface area contributed by atoms with E-state index < -0.39 is 0 Å². The molecule has 5 heteroatoms. The first kappa shape index (κ1) is 16.1. The van der Waals surface area contributed by atoms with Crippen LogP contribution < -0.4 is 5.32 Å². The van der Waals surface area contributed by atoms with Crippen molar-refractivity contribution in [1.82, 2.24) is 10.3 Å². The summed E-state index contributed by atoms with van der Waals surface area (Å²) in [6, 6.07) is 10.9. The number of oxazole rings is 1. The maximum Gasteiger partial charge on any atom is 0.244 e. The molecule has 0 radical (unpaired) electrons. The SMILES string of the molecule is CC(C)C[C@@H](NC(=O)/C=C/c1ccco1)c1nc2ccccc2o1. The second-order valence-corrected chi connectivity index (χ2v) is 6.06. The molecule has 0 aliphatic carbocycles. The third kappa shape index (κ3) is 3.93. The Kier molecular flexibility index (Phi) is 4.79. The molecule has 3 aromatic rings. The molecule has 124 valence electrons. The number of hydrogen-bond acceptors (Lipinski definition) is 4. The van der Waals surface area contributed by atoms with E-state index in [1.54, 1.807) is 24.5 Å². The highest BCUT2D eigenvalue weighted by atomic mass is 16.3. The molecule has 1 aromatic carbocycles. The van der Waals surface area contributed by atoms with Crippen LogP contribution in [0, 0.1) is 5.92 Å².